The van der Waals surface area contributed by atoms with Crippen molar-refractivity contribution in [3.63, 3.8) is 0 Å². The summed E-state index contributed by atoms with van der Waals surface area (Å²) in [5.41, 5.74) is 6.14. The second kappa shape index (κ2) is 9.77. The highest BCUT2D eigenvalue weighted by Gasteiger charge is 2.31. The largest absolute Gasteiger partial charge is 0.496 e. The van der Waals surface area contributed by atoms with Crippen molar-refractivity contribution in [2.24, 2.45) is 0 Å². The SMILES string of the molecule is CCCc1cc2c(cc1OC)CCN(CCC(=O)CC)C2c1ccc(C)cc1Cl. The van der Waals surface area contributed by atoms with Crippen molar-refractivity contribution >= 4 is 17.4 Å². The molecule has 2 aromatic carbocycles. The summed E-state index contributed by atoms with van der Waals surface area (Å²) in [6.45, 7) is 7.86. The molecule has 0 spiro atoms. The Morgan fingerprint density at radius 1 is 1.21 bits per heavy atom. The van der Waals surface area contributed by atoms with Crippen LogP contribution in [-0.4, -0.2) is 30.9 Å². The van der Waals surface area contributed by atoms with Gasteiger partial charge in [0.15, 0.2) is 0 Å². The van der Waals surface area contributed by atoms with Crippen LogP contribution in [-0.2, 0) is 17.6 Å². The number of fused-ring (bicyclic) bond motifs is 1. The highest BCUT2D eigenvalue weighted by Crippen LogP contribution is 2.41. The lowest BCUT2D eigenvalue weighted by Gasteiger charge is -2.38. The van der Waals surface area contributed by atoms with E-state index < -0.39 is 0 Å². The second-order valence-corrected chi connectivity index (χ2v) is 8.38. The van der Waals surface area contributed by atoms with E-state index in [2.05, 4.69) is 43.0 Å². The molecule has 0 N–H and O–H groups in total. The zero-order valence-corrected chi connectivity index (χ0v) is 18.8. The minimum Gasteiger partial charge on any atom is -0.496 e. The summed E-state index contributed by atoms with van der Waals surface area (Å²) in [6, 6.07) is 10.9. The number of benzene rings is 2. The first-order valence-electron chi connectivity index (χ1n) is 10.7. The number of hydrogen-bond acceptors (Lipinski definition) is 3. The number of hydrogen-bond donors (Lipinski definition) is 0. The summed E-state index contributed by atoms with van der Waals surface area (Å²) in [7, 11) is 1.75. The lowest BCUT2D eigenvalue weighted by atomic mass is 9.85. The Kier molecular flexibility index (Phi) is 7.37. The van der Waals surface area contributed by atoms with Crippen molar-refractivity contribution in [3.05, 3.63) is 63.2 Å². The Morgan fingerprint density at radius 3 is 2.66 bits per heavy atom. The van der Waals surface area contributed by atoms with E-state index in [-0.39, 0.29) is 6.04 Å². The first-order chi connectivity index (χ1) is 14.0. The van der Waals surface area contributed by atoms with Gasteiger partial charge in [0.2, 0.25) is 0 Å². The van der Waals surface area contributed by atoms with Gasteiger partial charge < -0.3 is 4.74 Å². The maximum Gasteiger partial charge on any atom is 0.133 e. The summed E-state index contributed by atoms with van der Waals surface area (Å²) in [4.78, 5) is 14.4. The van der Waals surface area contributed by atoms with Crippen LogP contribution in [0.15, 0.2) is 30.3 Å². The molecular formula is C25H32ClNO2. The lowest BCUT2D eigenvalue weighted by Crippen LogP contribution is -2.37. The molecule has 1 aliphatic heterocycles. The Labute approximate surface area is 180 Å². The van der Waals surface area contributed by atoms with Gasteiger partial charge in [0.1, 0.15) is 11.5 Å². The molecule has 0 fully saturated rings. The third-order valence-corrected chi connectivity index (χ3v) is 6.24. The van der Waals surface area contributed by atoms with Crippen molar-refractivity contribution in [3.8, 4) is 5.75 Å². The highest BCUT2D eigenvalue weighted by atomic mass is 35.5. The highest BCUT2D eigenvalue weighted by molar-refractivity contribution is 6.31. The standard InChI is InChI=1S/C25H32ClNO2/c1-5-7-19-15-22-18(16-24(19)29-4)10-12-27(13-11-20(28)6-2)25(22)21-9-8-17(3)14-23(21)26/h8-9,14-16,25H,5-7,10-13H2,1-4H3. The van der Waals surface area contributed by atoms with E-state index in [1.54, 1.807) is 7.11 Å². The van der Waals surface area contributed by atoms with Gasteiger partial charge in [-0.3, -0.25) is 9.69 Å². The van der Waals surface area contributed by atoms with Crippen LogP contribution in [0, 0.1) is 6.92 Å². The van der Waals surface area contributed by atoms with E-state index in [9.17, 15) is 4.79 Å². The van der Waals surface area contributed by atoms with Crippen molar-refractivity contribution in [1.82, 2.24) is 4.90 Å². The molecule has 0 aromatic heterocycles. The van der Waals surface area contributed by atoms with Crippen molar-refractivity contribution in [2.45, 2.75) is 58.9 Å². The van der Waals surface area contributed by atoms with Crippen LogP contribution >= 0.6 is 11.6 Å². The first-order valence-corrected chi connectivity index (χ1v) is 11.1. The van der Waals surface area contributed by atoms with Gasteiger partial charge in [-0.1, -0.05) is 44.0 Å². The molecule has 1 atom stereocenters. The Bertz CT molecular complexity index is 877. The average molecular weight is 414 g/mol. The van der Waals surface area contributed by atoms with E-state index in [4.69, 9.17) is 16.3 Å². The van der Waals surface area contributed by atoms with Gasteiger partial charge in [-0.05, 0) is 65.8 Å². The normalized spacial score (nSPS) is 16.5. The Hall–Kier alpha value is -1.84. The van der Waals surface area contributed by atoms with Gasteiger partial charge in [0.05, 0.1) is 13.2 Å². The lowest BCUT2D eigenvalue weighted by molar-refractivity contribution is -0.119. The number of halogens is 1. The zero-order chi connectivity index (χ0) is 21.0. The van der Waals surface area contributed by atoms with Gasteiger partial charge in [-0.2, -0.15) is 0 Å². The predicted molar refractivity (Wildman–Crippen MR) is 120 cm³/mol. The number of Topliss-reactive ketones (excluding diaryl/α,β-unsaturated/α-hetero) is 1. The summed E-state index contributed by atoms with van der Waals surface area (Å²) >= 11 is 6.73. The van der Waals surface area contributed by atoms with Crippen LogP contribution in [0.5, 0.6) is 5.75 Å². The summed E-state index contributed by atoms with van der Waals surface area (Å²) in [5.74, 6) is 1.29. The van der Waals surface area contributed by atoms with Gasteiger partial charge in [-0.15, -0.1) is 0 Å². The molecule has 0 amide bonds. The third kappa shape index (κ3) is 4.84. The van der Waals surface area contributed by atoms with Gasteiger partial charge in [-0.25, -0.2) is 0 Å². The maximum absolute atomic E-state index is 12.0. The Balaban J connectivity index is 2.08. The summed E-state index contributed by atoms with van der Waals surface area (Å²) in [5, 5.41) is 0.794. The number of methoxy groups -OCH3 is 1. The smallest absolute Gasteiger partial charge is 0.133 e. The summed E-state index contributed by atoms with van der Waals surface area (Å²) < 4.78 is 5.68. The molecule has 1 heterocycles. The second-order valence-electron chi connectivity index (χ2n) is 7.97. The predicted octanol–water partition coefficient (Wildman–Crippen LogP) is 5.93. The van der Waals surface area contributed by atoms with Crippen molar-refractivity contribution < 1.29 is 9.53 Å². The van der Waals surface area contributed by atoms with Gasteiger partial charge >= 0.3 is 0 Å². The van der Waals surface area contributed by atoms with E-state index in [0.717, 1.165) is 54.3 Å². The maximum atomic E-state index is 12.0. The fourth-order valence-corrected chi connectivity index (χ4v) is 4.64. The molecule has 0 saturated heterocycles. The third-order valence-electron chi connectivity index (χ3n) is 5.91. The van der Waals surface area contributed by atoms with Gasteiger partial charge in [0.25, 0.3) is 0 Å². The van der Waals surface area contributed by atoms with Crippen LogP contribution in [0.25, 0.3) is 0 Å². The molecule has 0 bridgehead atoms. The van der Waals surface area contributed by atoms with E-state index in [1.807, 2.05) is 13.0 Å². The molecule has 0 saturated carbocycles. The van der Waals surface area contributed by atoms with E-state index in [1.165, 1.54) is 16.7 Å². The molecule has 4 heteroatoms. The molecule has 29 heavy (non-hydrogen) atoms. The molecule has 156 valence electrons. The van der Waals surface area contributed by atoms with Crippen molar-refractivity contribution in [1.29, 1.82) is 0 Å². The molecule has 1 aliphatic rings. The molecule has 1 unspecified atom stereocenters. The number of carbonyl (C=O) groups is 1. The molecule has 0 radical (unpaired) electrons. The van der Waals surface area contributed by atoms with E-state index >= 15 is 0 Å². The summed E-state index contributed by atoms with van der Waals surface area (Å²) in [6.07, 6.45) is 4.19. The number of ketones is 1. The van der Waals surface area contributed by atoms with Crippen LogP contribution < -0.4 is 4.74 Å². The van der Waals surface area contributed by atoms with Crippen LogP contribution in [0.2, 0.25) is 5.02 Å². The monoisotopic (exact) mass is 413 g/mol. The Morgan fingerprint density at radius 2 is 2.00 bits per heavy atom. The minimum atomic E-state index is 0.0676. The number of aryl methyl sites for hydroxylation is 2. The number of ether oxygens (including phenoxy) is 1. The number of rotatable bonds is 8. The molecule has 3 nitrogen and oxygen atoms in total. The quantitative estimate of drug-likeness (QED) is 0.537. The molecule has 0 aliphatic carbocycles. The first kappa shape index (κ1) is 21.9. The zero-order valence-electron chi connectivity index (χ0n) is 18.1. The molecule has 3 rings (SSSR count). The van der Waals surface area contributed by atoms with Crippen LogP contribution in [0.3, 0.4) is 0 Å². The van der Waals surface area contributed by atoms with Crippen LogP contribution in [0.4, 0.5) is 0 Å². The van der Waals surface area contributed by atoms with E-state index in [0.29, 0.717) is 18.6 Å². The molecule has 2 aromatic rings. The fraction of sp³-hybridized carbons (Fsp3) is 0.480. The molecular weight excluding hydrogens is 382 g/mol. The fourth-order valence-electron chi connectivity index (χ4n) is 4.31. The average Bonchev–Trinajstić information content (AvgIpc) is 2.71. The minimum absolute atomic E-state index is 0.0676. The number of nitrogens with zero attached hydrogens (tertiary/aromatic N) is 1. The van der Waals surface area contributed by atoms with Gasteiger partial charge in [0, 0.05) is 31.0 Å². The van der Waals surface area contributed by atoms with Crippen molar-refractivity contribution in [2.75, 3.05) is 20.2 Å². The topological polar surface area (TPSA) is 29.5 Å². The number of carbonyl (C=O) groups excluding carboxylic acids is 1. The van der Waals surface area contributed by atoms with Crippen LogP contribution in [0.1, 0.15) is 67.0 Å².